The summed E-state index contributed by atoms with van der Waals surface area (Å²) in [5.74, 6) is -2.64. The molecule has 0 bridgehead atoms. The summed E-state index contributed by atoms with van der Waals surface area (Å²) >= 11 is 0. The Bertz CT molecular complexity index is 1240. The summed E-state index contributed by atoms with van der Waals surface area (Å²) in [7, 11) is 6.94. The van der Waals surface area contributed by atoms with Crippen molar-refractivity contribution in [2.24, 2.45) is 17.8 Å². The monoisotopic (exact) mass is 699 g/mol. The topological polar surface area (TPSA) is 171 Å². The molecule has 14 nitrogen and oxygen atoms in total. The van der Waals surface area contributed by atoms with Crippen molar-refractivity contribution < 1.29 is 53.7 Å². The maximum atomic E-state index is 14.8. The molecule has 4 aliphatic heterocycles. The number of amides is 2. The Labute approximate surface area is 290 Å². The van der Waals surface area contributed by atoms with Crippen LogP contribution in [0.25, 0.3) is 0 Å². The van der Waals surface area contributed by atoms with Crippen molar-refractivity contribution in [3.63, 3.8) is 0 Å². The van der Waals surface area contributed by atoms with Crippen LogP contribution in [0.4, 0.5) is 0 Å². The van der Waals surface area contributed by atoms with E-state index >= 15 is 0 Å². The third kappa shape index (κ3) is 6.25. The van der Waals surface area contributed by atoms with Gasteiger partial charge in [-0.1, -0.05) is 20.8 Å². The standard InChI is InChI=1S/C35H61N3O11/c1-18-14-33(7,44)35(49-31-27(40)24(36(8)9)12-19(2)46-31)22(5)34(35,48-26-15-32(6,45-11)28(41)21(4)47-26)20(3)29(42)38-17-23(39)13-25(38)30(43)37(10)16-18/h18-28,31,39-41,44H,12-17H2,1-11H3/t18-,19-,20+,21+,22+,23+,24+,25?,26+,27-,28+,31+,32-,33-,34-,35?/m1/s1. The van der Waals surface area contributed by atoms with E-state index in [2.05, 4.69) is 0 Å². The predicted octanol–water partition coefficient (Wildman–Crippen LogP) is 0.321. The molecule has 4 heterocycles. The van der Waals surface area contributed by atoms with E-state index in [9.17, 15) is 30.0 Å². The third-order valence-corrected chi connectivity index (χ3v) is 12.5. The van der Waals surface area contributed by atoms with E-state index < -0.39 is 83.2 Å². The highest BCUT2D eigenvalue weighted by Crippen LogP contribution is 2.70. The van der Waals surface area contributed by atoms with Gasteiger partial charge in [-0.2, -0.15) is 0 Å². The Morgan fingerprint density at radius 2 is 1.57 bits per heavy atom. The highest BCUT2D eigenvalue weighted by atomic mass is 16.8. The summed E-state index contributed by atoms with van der Waals surface area (Å²) < 4.78 is 32.3. The van der Waals surface area contributed by atoms with E-state index in [1.807, 2.05) is 39.8 Å². The molecule has 0 aromatic heterocycles. The number of aliphatic hydroxyl groups excluding tert-OH is 3. The molecule has 5 aliphatic rings. The Morgan fingerprint density at radius 1 is 0.918 bits per heavy atom. The fraction of sp³-hybridized carbons (Fsp3) is 0.943. The van der Waals surface area contributed by atoms with Crippen molar-refractivity contribution in [3.8, 4) is 0 Å². The molecule has 4 N–H and O–H groups in total. The summed E-state index contributed by atoms with van der Waals surface area (Å²) in [5.41, 5.74) is -5.92. The number of methoxy groups -OCH3 is 1. The summed E-state index contributed by atoms with van der Waals surface area (Å²) in [6, 6.07) is -1.17. The van der Waals surface area contributed by atoms with Crippen LogP contribution in [-0.2, 0) is 33.3 Å². The number of likely N-dealkylation sites (N-methyl/N-ethyl adjacent to an activating group) is 2. The van der Waals surface area contributed by atoms with Crippen LogP contribution in [0.5, 0.6) is 0 Å². The van der Waals surface area contributed by atoms with Crippen molar-refractivity contribution >= 4 is 11.8 Å². The Balaban J connectivity index is 1.67. The van der Waals surface area contributed by atoms with E-state index in [-0.39, 0.29) is 56.3 Å². The van der Waals surface area contributed by atoms with Crippen LogP contribution in [0.2, 0.25) is 0 Å². The number of rotatable bonds is 6. The summed E-state index contributed by atoms with van der Waals surface area (Å²) in [5, 5.41) is 46.2. The molecule has 0 aromatic carbocycles. The molecular weight excluding hydrogens is 638 g/mol. The Hall–Kier alpha value is -1.46. The average Bonchev–Trinajstić information content (AvgIpc) is 3.30. The van der Waals surface area contributed by atoms with Crippen LogP contribution < -0.4 is 0 Å². The highest BCUT2D eigenvalue weighted by Gasteiger charge is 2.87. The predicted molar refractivity (Wildman–Crippen MR) is 177 cm³/mol. The molecule has 0 radical (unpaired) electrons. The molecule has 4 saturated heterocycles. The normalized spacial score (nSPS) is 51.3. The zero-order chi connectivity index (χ0) is 36.6. The minimum absolute atomic E-state index is 0.0327. The molecule has 282 valence electrons. The number of nitrogens with zero attached hydrogens (tertiary/aromatic N) is 3. The van der Waals surface area contributed by atoms with Gasteiger partial charge in [-0.3, -0.25) is 9.59 Å². The Kier molecular flexibility index (Phi) is 10.7. The smallest absolute Gasteiger partial charge is 0.245 e. The number of fused-ring (bicyclic) bond motifs is 2. The van der Waals surface area contributed by atoms with Gasteiger partial charge in [-0.25, -0.2) is 0 Å². The second-order valence-electron chi connectivity index (χ2n) is 16.4. The van der Waals surface area contributed by atoms with Crippen LogP contribution in [0.1, 0.15) is 74.1 Å². The molecule has 0 spiro atoms. The molecule has 16 atom stereocenters. The minimum Gasteiger partial charge on any atom is -0.391 e. The van der Waals surface area contributed by atoms with Crippen molar-refractivity contribution in [2.45, 2.75) is 152 Å². The van der Waals surface area contributed by atoms with Crippen LogP contribution in [-0.4, -0.2) is 166 Å². The molecule has 49 heavy (non-hydrogen) atoms. The van der Waals surface area contributed by atoms with Crippen molar-refractivity contribution in [1.82, 2.24) is 14.7 Å². The number of hydrogen-bond donors (Lipinski definition) is 4. The summed E-state index contributed by atoms with van der Waals surface area (Å²) in [6.07, 6.45) is -5.16. The van der Waals surface area contributed by atoms with Gasteiger partial charge < -0.3 is 58.8 Å². The molecule has 2 amide bonds. The fourth-order valence-electron chi connectivity index (χ4n) is 9.87. The lowest BCUT2D eigenvalue weighted by Crippen LogP contribution is -2.63. The summed E-state index contributed by atoms with van der Waals surface area (Å²) in [4.78, 5) is 33.4. The van der Waals surface area contributed by atoms with Crippen LogP contribution >= 0.6 is 0 Å². The first-order chi connectivity index (χ1) is 22.7. The van der Waals surface area contributed by atoms with E-state index in [1.165, 1.54) is 12.0 Å². The van der Waals surface area contributed by atoms with Crippen LogP contribution in [0.15, 0.2) is 0 Å². The fourth-order valence-corrected chi connectivity index (χ4v) is 9.87. The largest absolute Gasteiger partial charge is 0.391 e. The van der Waals surface area contributed by atoms with Crippen LogP contribution in [0, 0.1) is 17.8 Å². The van der Waals surface area contributed by atoms with E-state index in [0.29, 0.717) is 6.42 Å². The van der Waals surface area contributed by atoms with Gasteiger partial charge in [0.2, 0.25) is 11.8 Å². The van der Waals surface area contributed by atoms with Gasteiger partial charge in [0.15, 0.2) is 12.6 Å². The lowest BCUT2D eigenvalue weighted by atomic mass is 9.80. The van der Waals surface area contributed by atoms with Gasteiger partial charge >= 0.3 is 0 Å². The SMILES string of the molecule is CO[C@]1(C)C[C@H](O[C@]23[C@H](C)C2(O[C@@H]2O[C@H](C)C[C@H](N(C)C)[C@H]2O)[C@](C)(O)C[C@@H](C)CN(C)C(=O)C2C[C@H](O)CN2C(=O)[C@@H]3C)O[C@@H](C)[C@@H]1O. The molecule has 14 heteroatoms. The van der Waals surface area contributed by atoms with Gasteiger partial charge in [0, 0.05) is 52.0 Å². The quantitative estimate of drug-likeness (QED) is 0.300. The van der Waals surface area contributed by atoms with Gasteiger partial charge in [0.05, 0.1) is 35.4 Å². The van der Waals surface area contributed by atoms with Crippen LogP contribution in [0.3, 0.4) is 0 Å². The molecule has 1 saturated carbocycles. The van der Waals surface area contributed by atoms with Crippen molar-refractivity contribution in [2.75, 3.05) is 41.3 Å². The molecule has 2 unspecified atom stereocenters. The zero-order valence-corrected chi connectivity index (χ0v) is 31.2. The van der Waals surface area contributed by atoms with E-state index in [4.69, 9.17) is 23.7 Å². The van der Waals surface area contributed by atoms with Gasteiger partial charge in [-0.15, -0.1) is 0 Å². The lowest BCUT2D eigenvalue weighted by Gasteiger charge is -2.49. The highest BCUT2D eigenvalue weighted by molar-refractivity contribution is 5.90. The second-order valence-corrected chi connectivity index (χ2v) is 16.4. The van der Waals surface area contributed by atoms with E-state index in [1.54, 1.807) is 39.6 Å². The molecule has 5 rings (SSSR count). The number of ether oxygens (including phenoxy) is 5. The van der Waals surface area contributed by atoms with Gasteiger partial charge in [-0.05, 0) is 60.5 Å². The van der Waals surface area contributed by atoms with Gasteiger partial charge in [0.25, 0.3) is 0 Å². The molecule has 0 aromatic rings. The first kappa shape index (κ1) is 38.8. The minimum atomic E-state index is -1.69. The first-order valence-electron chi connectivity index (χ1n) is 17.9. The maximum Gasteiger partial charge on any atom is 0.245 e. The second kappa shape index (κ2) is 13.5. The zero-order valence-electron chi connectivity index (χ0n) is 31.2. The Morgan fingerprint density at radius 3 is 2.18 bits per heavy atom. The number of aliphatic hydroxyl groups is 4. The lowest BCUT2D eigenvalue weighted by molar-refractivity contribution is -0.334. The van der Waals surface area contributed by atoms with Crippen molar-refractivity contribution in [1.29, 1.82) is 0 Å². The van der Waals surface area contributed by atoms with Crippen molar-refractivity contribution in [3.05, 3.63) is 0 Å². The number of carbonyl (C=O) groups excluding carboxylic acids is 2. The number of carbonyl (C=O) groups is 2. The molecule has 5 fully saturated rings. The first-order valence-corrected chi connectivity index (χ1v) is 17.9. The number of hydrogen-bond acceptors (Lipinski definition) is 12. The molecular formula is C35H61N3O11. The average molecular weight is 700 g/mol. The molecule has 1 aliphatic carbocycles. The summed E-state index contributed by atoms with van der Waals surface area (Å²) in [6.45, 7) is 12.8. The maximum absolute atomic E-state index is 14.8. The third-order valence-electron chi connectivity index (χ3n) is 12.5. The van der Waals surface area contributed by atoms with E-state index in [0.717, 1.165) is 0 Å². The van der Waals surface area contributed by atoms with Gasteiger partial charge in [0.1, 0.15) is 29.5 Å².